The molecule has 2 nitrogen and oxygen atoms in total. The van der Waals surface area contributed by atoms with E-state index in [1.807, 2.05) is 12.1 Å². The van der Waals surface area contributed by atoms with Crippen LogP contribution in [-0.2, 0) is 6.61 Å². The fourth-order valence-corrected chi connectivity index (χ4v) is 2.64. The van der Waals surface area contributed by atoms with Crippen molar-refractivity contribution in [3.63, 3.8) is 0 Å². The number of aliphatic hydroxyl groups is 1. The zero-order chi connectivity index (χ0) is 11.5. The van der Waals surface area contributed by atoms with Gasteiger partial charge in [0, 0.05) is 29.4 Å². The van der Waals surface area contributed by atoms with E-state index in [1.165, 1.54) is 12.8 Å². The van der Waals surface area contributed by atoms with Crippen LogP contribution >= 0.6 is 11.6 Å². The van der Waals surface area contributed by atoms with E-state index in [9.17, 15) is 5.11 Å². The standard InChI is InChI=1S/C13H18ClNO/c1-10-4-3-7-15(8-10)13-6-2-5-12(14)11(13)9-16/h2,5-6,10,16H,3-4,7-9H2,1H3. The molecule has 1 aliphatic rings. The minimum Gasteiger partial charge on any atom is -0.392 e. The van der Waals surface area contributed by atoms with Gasteiger partial charge in [0.15, 0.2) is 0 Å². The molecule has 0 amide bonds. The Labute approximate surface area is 102 Å². The average Bonchev–Trinajstić information content (AvgIpc) is 2.28. The van der Waals surface area contributed by atoms with E-state index in [0.29, 0.717) is 5.02 Å². The Hall–Kier alpha value is -0.730. The number of aliphatic hydroxyl groups excluding tert-OH is 1. The molecule has 2 rings (SSSR count). The van der Waals surface area contributed by atoms with Gasteiger partial charge in [-0.2, -0.15) is 0 Å². The Bertz CT molecular complexity index is 367. The first-order valence-corrected chi connectivity index (χ1v) is 6.23. The second-order valence-corrected chi connectivity index (χ2v) is 5.00. The minimum atomic E-state index is 0.0138. The molecule has 1 atom stereocenters. The van der Waals surface area contributed by atoms with Crippen LogP contribution < -0.4 is 4.90 Å². The molecule has 1 heterocycles. The van der Waals surface area contributed by atoms with Crippen LogP contribution in [0, 0.1) is 5.92 Å². The van der Waals surface area contributed by atoms with Crippen LogP contribution in [-0.4, -0.2) is 18.2 Å². The largest absolute Gasteiger partial charge is 0.392 e. The van der Waals surface area contributed by atoms with Crippen molar-refractivity contribution in [2.75, 3.05) is 18.0 Å². The number of anilines is 1. The van der Waals surface area contributed by atoms with Crippen LogP contribution in [0.2, 0.25) is 5.02 Å². The molecular weight excluding hydrogens is 222 g/mol. The van der Waals surface area contributed by atoms with E-state index in [2.05, 4.69) is 17.9 Å². The number of halogens is 1. The SMILES string of the molecule is CC1CCCN(c2cccc(Cl)c2CO)C1. The highest BCUT2D eigenvalue weighted by atomic mass is 35.5. The van der Waals surface area contributed by atoms with Crippen molar-refractivity contribution >= 4 is 17.3 Å². The van der Waals surface area contributed by atoms with Crippen molar-refractivity contribution in [1.82, 2.24) is 0 Å². The normalized spacial score (nSPS) is 21.2. The van der Waals surface area contributed by atoms with E-state index in [0.717, 1.165) is 30.3 Å². The highest BCUT2D eigenvalue weighted by Gasteiger charge is 2.19. The lowest BCUT2D eigenvalue weighted by Crippen LogP contribution is -2.34. The maximum absolute atomic E-state index is 9.38. The van der Waals surface area contributed by atoms with E-state index >= 15 is 0 Å². The Balaban J connectivity index is 2.28. The summed E-state index contributed by atoms with van der Waals surface area (Å²) in [5.74, 6) is 0.722. The van der Waals surface area contributed by atoms with Gasteiger partial charge in [0.2, 0.25) is 0 Å². The summed E-state index contributed by atoms with van der Waals surface area (Å²) in [5.41, 5.74) is 1.96. The van der Waals surface area contributed by atoms with Crippen LogP contribution in [0.5, 0.6) is 0 Å². The number of benzene rings is 1. The molecule has 1 aliphatic heterocycles. The van der Waals surface area contributed by atoms with E-state index in [4.69, 9.17) is 11.6 Å². The Morgan fingerprint density at radius 1 is 1.50 bits per heavy atom. The van der Waals surface area contributed by atoms with Gasteiger partial charge in [-0.05, 0) is 30.9 Å². The first-order chi connectivity index (χ1) is 7.72. The molecule has 0 bridgehead atoms. The first-order valence-electron chi connectivity index (χ1n) is 5.85. The topological polar surface area (TPSA) is 23.5 Å². The fourth-order valence-electron chi connectivity index (χ4n) is 2.41. The molecule has 0 aliphatic carbocycles. The summed E-state index contributed by atoms with van der Waals surface area (Å²) in [7, 11) is 0. The van der Waals surface area contributed by atoms with Crippen LogP contribution in [0.15, 0.2) is 18.2 Å². The summed E-state index contributed by atoms with van der Waals surface area (Å²) in [6.45, 7) is 4.42. The van der Waals surface area contributed by atoms with Crippen LogP contribution in [0.1, 0.15) is 25.3 Å². The van der Waals surface area contributed by atoms with Crippen molar-refractivity contribution in [1.29, 1.82) is 0 Å². The van der Waals surface area contributed by atoms with E-state index in [-0.39, 0.29) is 6.61 Å². The molecule has 1 N–H and O–H groups in total. The van der Waals surface area contributed by atoms with Gasteiger partial charge < -0.3 is 10.0 Å². The number of piperidine rings is 1. The van der Waals surface area contributed by atoms with Crippen LogP contribution in [0.4, 0.5) is 5.69 Å². The lowest BCUT2D eigenvalue weighted by Gasteiger charge is -2.34. The summed E-state index contributed by atoms with van der Waals surface area (Å²) in [4.78, 5) is 2.34. The smallest absolute Gasteiger partial charge is 0.0716 e. The molecule has 1 aromatic carbocycles. The molecule has 1 aromatic rings. The summed E-state index contributed by atoms with van der Waals surface area (Å²) >= 11 is 6.10. The molecule has 0 saturated carbocycles. The second-order valence-electron chi connectivity index (χ2n) is 4.59. The van der Waals surface area contributed by atoms with Crippen LogP contribution in [0.3, 0.4) is 0 Å². The number of hydrogen-bond acceptors (Lipinski definition) is 2. The molecule has 0 aromatic heterocycles. The van der Waals surface area contributed by atoms with Gasteiger partial charge in [0.25, 0.3) is 0 Å². The third-order valence-electron chi connectivity index (χ3n) is 3.25. The Kier molecular flexibility index (Phi) is 3.72. The number of nitrogens with zero attached hydrogens (tertiary/aromatic N) is 1. The molecule has 0 radical (unpaired) electrons. The number of rotatable bonds is 2. The minimum absolute atomic E-state index is 0.0138. The summed E-state index contributed by atoms with van der Waals surface area (Å²) in [6.07, 6.45) is 2.52. The summed E-state index contributed by atoms with van der Waals surface area (Å²) < 4.78 is 0. The molecule has 3 heteroatoms. The number of hydrogen-bond donors (Lipinski definition) is 1. The van der Waals surface area contributed by atoms with Gasteiger partial charge in [-0.25, -0.2) is 0 Å². The average molecular weight is 240 g/mol. The van der Waals surface area contributed by atoms with Crippen molar-refractivity contribution in [2.45, 2.75) is 26.4 Å². The monoisotopic (exact) mass is 239 g/mol. The van der Waals surface area contributed by atoms with Gasteiger partial charge in [0.1, 0.15) is 0 Å². The Morgan fingerprint density at radius 3 is 3.00 bits per heavy atom. The molecule has 88 valence electrons. The predicted octanol–water partition coefficient (Wildman–Crippen LogP) is 3.07. The van der Waals surface area contributed by atoms with Crippen molar-refractivity contribution in [2.24, 2.45) is 5.92 Å². The van der Waals surface area contributed by atoms with E-state index < -0.39 is 0 Å². The van der Waals surface area contributed by atoms with Gasteiger partial charge >= 0.3 is 0 Å². The lowest BCUT2D eigenvalue weighted by atomic mass is 9.99. The van der Waals surface area contributed by atoms with E-state index in [1.54, 1.807) is 0 Å². The maximum atomic E-state index is 9.38. The predicted molar refractivity (Wildman–Crippen MR) is 68.0 cm³/mol. The second kappa shape index (κ2) is 5.07. The summed E-state index contributed by atoms with van der Waals surface area (Å²) in [6, 6.07) is 5.84. The van der Waals surface area contributed by atoms with Crippen molar-refractivity contribution < 1.29 is 5.11 Å². The van der Waals surface area contributed by atoms with Gasteiger partial charge in [0.05, 0.1) is 6.61 Å². The zero-order valence-corrected chi connectivity index (χ0v) is 10.4. The maximum Gasteiger partial charge on any atom is 0.0716 e. The molecule has 1 saturated heterocycles. The van der Waals surface area contributed by atoms with Crippen molar-refractivity contribution in [3.05, 3.63) is 28.8 Å². The highest BCUT2D eigenvalue weighted by Crippen LogP contribution is 2.30. The fraction of sp³-hybridized carbons (Fsp3) is 0.538. The quantitative estimate of drug-likeness (QED) is 0.858. The zero-order valence-electron chi connectivity index (χ0n) is 9.62. The van der Waals surface area contributed by atoms with Crippen LogP contribution in [0.25, 0.3) is 0 Å². The molecule has 0 spiro atoms. The van der Waals surface area contributed by atoms with Gasteiger partial charge in [-0.3, -0.25) is 0 Å². The molecule has 16 heavy (non-hydrogen) atoms. The molecule has 1 fully saturated rings. The highest BCUT2D eigenvalue weighted by molar-refractivity contribution is 6.31. The molecular formula is C13H18ClNO. The molecule has 1 unspecified atom stereocenters. The van der Waals surface area contributed by atoms with Gasteiger partial charge in [-0.1, -0.05) is 24.6 Å². The third-order valence-corrected chi connectivity index (χ3v) is 3.60. The third kappa shape index (κ3) is 2.33. The van der Waals surface area contributed by atoms with Gasteiger partial charge in [-0.15, -0.1) is 0 Å². The lowest BCUT2D eigenvalue weighted by molar-refractivity contribution is 0.281. The summed E-state index contributed by atoms with van der Waals surface area (Å²) in [5, 5.41) is 10.0. The first kappa shape index (κ1) is 11.7. The Morgan fingerprint density at radius 2 is 2.31 bits per heavy atom. The van der Waals surface area contributed by atoms with Crippen molar-refractivity contribution in [3.8, 4) is 0 Å².